The first-order chi connectivity index (χ1) is 7.45. The molecule has 1 heterocycles. The molecule has 5 atom stereocenters. The molecule has 1 saturated heterocycles. The Bertz CT molecular complexity index is 272. The Kier molecular flexibility index (Phi) is 2.98. The van der Waals surface area contributed by atoms with Crippen LogP contribution in [0.1, 0.15) is 25.7 Å². The van der Waals surface area contributed by atoms with Gasteiger partial charge in [0.2, 0.25) is 0 Å². The predicted octanol–water partition coefficient (Wildman–Crippen LogP) is -1.91. The van der Waals surface area contributed by atoms with E-state index in [1.165, 1.54) is 0 Å². The van der Waals surface area contributed by atoms with Gasteiger partial charge < -0.3 is 30.3 Å². The maximum atomic E-state index is 10.3. The third kappa shape index (κ3) is 1.42. The van der Waals surface area contributed by atoms with Gasteiger partial charge in [0.15, 0.2) is 6.29 Å². The topological polar surface area (TPSA) is 110 Å². The van der Waals surface area contributed by atoms with Crippen molar-refractivity contribution in [2.45, 2.75) is 55.4 Å². The van der Waals surface area contributed by atoms with Gasteiger partial charge >= 0.3 is 0 Å². The van der Waals surface area contributed by atoms with Gasteiger partial charge in [-0.15, -0.1) is 0 Å². The Morgan fingerprint density at radius 3 is 2.19 bits per heavy atom. The summed E-state index contributed by atoms with van der Waals surface area (Å²) in [6, 6.07) is 0. The molecular weight excluding hydrogens is 216 g/mol. The third-order valence-corrected chi connectivity index (χ3v) is 3.85. The van der Waals surface area contributed by atoms with Crippen LogP contribution < -0.4 is 0 Å². The van der Waals surface area contributed by atoms with E-state index in [9.17, 15) is 20.4 Å². The molecule has 0 spiro atoms. The van der Waals surface area contributed by atoms with Crippen molar-refractivity contribution >= 4 is 0 Å². The molecule has 6 nitrogen and oxygen atoms in total. The minimum Gasteiger partial charge on any atom is -0.394 e. The van der Waals surface area contributed by atoms with E-state index in [0.29, 0.717) is 12.8 Å². The van der Waals surface area contributed by atoms with Crippen molar-refractivity contribution in [2.75, 3.05) is 6.61 Å². The van der Waals surface area contributed by atoms with E-state index in [2.05, 4.69) is 0 Å². The molecule has 0 radical (unpaired) electrons. The number of ether oxygens (including phenoxy) is 1. The molecule has 0 bridgehead atoms. The molecule has 0 amide bonds. The van der Waals surface area contributed by atoms with E-state index in [-0.39, 0.29) is 12.8 Å². The van der Waals surface area contributed by atoms with Crippen LogP contribution in [0, 0.1) is 0 Å². The highest BCUT2D eigenvalue weighted by molar-refractivity contribution is 5.12. The van der Waals surface area contributed by atoms with Crippen LogP contribution in [0.15, 0.2) is 0 Å². The number of hydrogen-bond acceptors (Lipinski definition) is 6. The van der Waals surface area contributed by atoms with Crippen LogP contribution in [0.2, 0.25) is 0 Å². The van der Waals surface area contributed by atoms with E-state index in [4.69, 9.17) is 9.84 Å². The van der Waals surface area contributed by atoms with Crippen LogP contribution in [-0.2, 0) is 4.74 Å². The molecule has 0 aromatic heterocycles. The van der Waals surface area contributed by atoms with Crippen molar-refractivity contribution < 1.29 is 30.3 Å². The highest BCUT2D eigenvalue weighted by Gasteiger charge is 2.64. The van der Waals surface area contributed by atoms with Crippen molar-refractivity contribution in [1.29, 1.82) is 0 Å². The molecule has 2 rings (SSSR count). The van der Waals surface area contributed by atoms with Crippen molar-refractivity contribution in [3.63, 3.8) is 0 Å². The lowest BCUT2D eigenvalue weighted by Gasteiger charge is -2.56. The summed E-state index contributed by atoms with van der Waals surface area (Å²) in [5, 5.41) is 49.1. The zero-order valence-corrected chi connectivity index (χ0v) is 8.91. The standard InChI is InChI=1S/C10H18O6/c11-5-6-7(12)9(14)3-1-2-4-10(9,15)8(13)16-6/h6-8,11-15H,1-5H2/t6-,7-,8-,9+,10+/m1/s1. The van der Waals surface area contributed by atoms with E-state index < -0.39 is 36.3 Å². The summed E-state index contributed by atoms with van der Waals surface area (Å²) in [4.78, 5) is 0. The van der Waals surface area contributed by atoms with Gasteiger partial charge in [-0.1, -0.05) is 12.8 Å². The van der Waals surface area contributed by atoms with Crippen LogP contribution >= 0.6 is 0 Å². The summed E-state index contributed by atoms with van der Waals surface area (Å²) < 4.78 is 4.93. The average molecular weight is 234 g/mol. The minimum absolute atomic E-state index is 0.167. The fourth-order valence-electron chi connectivity index (χ4n) is 2.77. The fourth-order valence-corrected chi connectivity index (χ4v) is 2.77. The lowest BCUT2D eigenvalue weighted by molar-refractivity contribution is -0.373. The molecule has 0 aromatic carbocycles. The van der Waals surface area contributed by atoms with Gasteiger partial charge in [-0.25, -0.2) is 0 Å². The second kappa shape index (κ2) is 3.90. The van der Waals surface area contributed by atoms with Gasteiger partial charge in [0.05, 0.1) is 6.61 Å². The Hall–Kier alpha value is -0.240. The van der Waals surface area contributed by atoms with Gasteiger partial charge in [-0.3, -0.25) is 0 Å². The van der Waals surface area contributed by atoms with Crippen molar-refractivity contribution in [3.8, 4) is 0 Å². The van der Waals surface area contributed by atoms with E-state index in [1.54, 1.807) is 0 Å². The van der Waals surface area contributed by atoms with Crippen molar-refractivity contribution in [3.05, 3.63) is 0 Å². The Balaban J connectivity index is 2.34. The number of hydrogen-bond donors (Lipinski definition) is 5. The van der Waals surface area contributed by atoms with Gasteiger partial charge in [-0.2, -0.15) is 0 Å². The molecule has 16 heavy (non-hydrogen) atoms. The van der Waals surface area contributed by atoms with Crippen LogP contribution in [0.3, 0.4) is 0 Å². The van der Waals surface area contributed by atoms with Gasteiger partial charge in [-0.05, 0) is 12.8 Å². The first kappa shape index (κ1) is 12.2. The Labute approximate surface area is 93.1 Å². The largest absolute Gasteiger partial charge is 0.394 e. The SMILES string of the molecule is OC[C@H]1O[C@@H](O)[C@@]2(O)CCCC[C@]2(O)[C@@H]1O. The van der Waals surface area contributed by atoms with Gasteiger partial charge in [0.1, 0.15) is 23.4 Å². The predicted molar refractivity (Wildman–Crippen MR) is 52.3 cm³/mol. The molecule has 2 aliphatic rings. The molecule has 0 unspecified atom stereocenters. The molecule has 6 heteroatoms. The monoisotopic (exact) mass is 234 g/mol. The quantitative estimate of drug-likeness (QED) is 0.362. The maximum absolute atomic E-state index is 10.3. The van der Waals surface area contributed by atoms with Crippen molar-refractivity contribution in [2.24, 2.45) is 0 Å². The zero-order valence-electron chi connectivity index (χ0n) is 8.91. The molecule has 94 valence electrons. The van der Waals surface area contributed by atoms with E-state index >= 15 is 0 Å². The average Bonchev–Trinajstić information content (AvgIpc) is 2.27. The molecule has 1 aliphatic heterocycles. The number of rotatable bonds is 1. The molecule has 1 aliphatic carbocycles. The van der Waals surface area contributed by atoms with Gasteiger partial charge in [0, 0.05) is 0 Å². The smallest absolute Gasteiger partial charge is 0.187 e. The second-order valence-corrected chi connectivity index (χ2v) is 4.71. The minimum atomic E-state index is -1.85. The highest BCUT2D eigenvalue weighted by Crippen LogP contribution is 2.46. The molecular formula is C10H18O6. The number of fused-ring (bicyclic) bond motifs is 1. The summed E-state index contributed by atoms with van der Waals surface area (Å²) in [5.41, 5.74) is -3.66. The summed E-state index contributed by atoms with van der Waals surface area (Å²) in [7, 11) is 0. The van der Waals surface area contributed by atoms with E-state index in [1.807, 2.05) is 0 Å². The molecule has 2 fully saturated rings. The summed E-state index contributed by atoms with van der Waals surface area (Å²) in [6.45, 7) is -0.517. The molecule has 0 aromatic rings. The highest BCUT2D eigenvalue weighted by atomic mass is 16.6. The lowest BCUT2D eigenvalue weighted by Crippen LogP contribution is -2.75. The first-order valence-electron chi connectivity index (χ1n) is 5.53. The summed E-state index contributed by atoms with van der Waals surface area (Å²) in [6.07, 6.45) is -2.40. The Morgan fingerprint density at radius 1 is 1.06 bits per heavy atom. The first-order valence-corrected chi connectivity index (χ1v) is 5.53. The third-order valence-electron chi connectivity index (χ3n) is 3.85. The molecule has 5 N–H and O–H groups in total. The van der Waals surface area contributed by atoms with Crippen LogP contribution in [-0.4, -0.2) is 61.8 Å². The number of aliphatic hydroxyl groups excluding tert-OH is 3. The zero-order chi connectivity index (χ0) is 12.0. The lowest BCUT2D eigenvalue weighted by atomic mass is 9.65. The fraction of sp³-hybridized carbons (Fsp3) is 1.00. The Morgan fingerprint density at radius 2 is 1.62 bits per heavy atom. The normalized spacial score (nSPS) is 53.4. The second-order valence-electron chi connectivity index (χ2n) is 4.71. The summed E-state index contributed by atoms with van der Waals surface area (Å²) >= 11 is 0. The summed E-state index contributed by atoms with van der Waals surface area (Å²) in [5.74, 6) is 0. The van der Waals surface area contributed by atoms with Gasteiger partial charge in [0.25, 0.3) is 0 Å². The molecule has 1 saturated carbocycles. The maximum Gasteiger partial charge on any atom is 0.187 e. The number of aliphatic hydroxyl groups is 5. The van der Waals surface area contributed by atoms with Crippen LogP contribution in [0.25, 0.3) is 0 Å². The van der Waals surface area contributed by atoms with E-state index in [0.717, 1.165) is 0 Å². The van der Waals surface area contributed by atoms with Crippen LogP contribution in [0.4, 0.5) is 0 Å². The van der Waals surface area contributed by atoms with Crippen molar-refractivity contribution in [1.82, 2.24) is 0 Å². The van der Waals surface area contributed by atoms with Crippen LogP contribution in [0.5, 0.6) is 0 Å².